The van der Waals surface area contributed by atoms with Crippen LogP contribution < -0.4 is 5.32 Å². The van der Waals surface area contributed by atoms with Crippen molar-refractivity contribution >= 4 is 0 Å². The van der Waals surface area contributed by atoms with Crippen LogP contribution in [-0.4, -0.2) is 12.6 Å². The zero-order valence-electron chi connectivity index (χ0n) is 14.0. The Kier molecular flexibility index (Phi) is 5.43. The molecule has 0 radical (unpaired) electrons. The smallest absolute Gasteiger partial charge is 0.126 e. The van der Waals surface area contributed by atoms with Gasteiger partial charge in [0.2, 0.25) is 0 Å². The van der Waals surface area contributed by atoms with Gasteiger partial charge in [0.05, 0.1) is 0 Å². The number of halogens is 1. The van der Waals surface area contributed by atoms with Crippen LogP contribution in [0.4, 0.5) is 4.39 Å². The van der Waals surface area contributed by atoms with Crippen molar-refractivity contribution in [2.45, 2.75) is 64.8 Å². The molecule has 3 unspecified atom stereocenters. The van der Waals surface area contributed by atoms with Crippen molar-refractivity contribution in [2.75, 3.05) is 6.54 Å². The number of hydrogen-bond acceptors (Lipinski definition) is 1. The van der Waals surface area contributed by atoms with E-state index in [9.17, 15) is 4.39 Å². The molecule has 1 fully saturated rings. The molecule has 0 heterocycles. The highest BCUT2D eigenvalue weighted by atomic mass is 19.1. The molecule has 0 saturated heterocycles. The van der Waals surface area contributed by atoms with Crippen LogP contribution in [0.15, 0.2) is 24.3 Å². The van der Waals surface area contributed by atoms with Gasteiger partial charge in [-0.05, 0) is 54.7 Å². The third-order valence-electron chi connectivity index (χ3n) is 5.26. The van der Waals surface area contributed by atoms with Gasteiger partial charge in [0.25, 0.3) is 0 Å². The molecule has 0 spiro atoms. The minimum atomic E-state index is -0.128. The molecule has 0 amide bonds. The molecule has 2 rings (SSSR count). The predicted molar refractivity (Wildman–Crippen MR) is 88.0 cm³/mol. The summed E-state index contributed by atoms with van der Waals surface area (Å²) in [6.07, 6.45) is 4.80. The summed E-state index contributed by atoms with van der Waals surface area (Å²) < 4.78 is 14.3. The molecule has 21 heavy (non-hydrogen) atoms. The normalized spacial score (nSPS) is 26.8. The predicted octanol–water partition coefficient (Wildman–Crippen LogP) is 4.91. The third kappa shape index (κ3) is 3.66. The molecule has 1 aromatic rings. The molecule has 1 aromatic carbocycles. The molecule has 1 saturated carbocycles. The summed E-state index contributed by atoms with van der Waals surface area (Å²) in [6.45, 7) is 10.0. The van der Waals surface area contributed by atoms with Crippen molar-refractivity contribution in [3.63, 3.8) is 0 Å². The summed E-state index contributed by atoms with van der Waals surface area (Å²) in [5.74, 6) is 1.21. The maximum atomic E-state index is 14.3. The van der Waals surface area contributed by atoms with E-state index in [1.165, 1.54) is 19.3 Å². The van der Waals surface area contributed by atoms with Crippen molar-refractivity contribution in [1.29, 1.82) is 0 Å². The summed E-state index contributed by atoms with van der Waals surface area (Å²) in [5, 5.41) is 3.72. The van der Waals surface area contributed by atoms with Gasteiger partial charge in [0.15, 0.2) is 0 Å². The second kappa shape index (κ2) is 6.91. The Hall–Kier alpha value is -0.890. The van der Waals surface area contributed by atoms with E-state index in [1.54, 1.807) is 12.1 Å². The lowest BCUT2D eigenvalue weighted by molar-refractivity contribution is 0.143. The fourth-order valence-electron chi connectivity index (χ4n) is 3.98. The van der Waals surface area contributed by atoms with E-state index >= 15 is 0 Å². The number of rotatable bonds is 5. The molecular formula is C19H30FN. The van der Waals surface area contributed by atoms with E-state index in [-0.39, 0.29) is 11.2 Å². The Morgan fingerprint density at radius 3 is 2.62 bits per heavy atom. The Balaban J connectivity index is 2.25. The SMILES string of the molecule is CCCNC1CC(C)CCC1C(C)(C)c1ccccc1F. The van der Waals surface area contributed by atoms with Crippen molar-refractivity contribution in [3.8, 4) is 0 Å². The zero-order chi connectivity index (χ0) is 15.5. The van der Waals surface area contributed by atoms with Crippen LogP contribution in [0.3, 0.4) is 0 Å². The standard InChI is InChI=1S/C19H30FN/c1-5-12-21-18-13-14(2)10-11-16(18)19(3,4)15-8-6-7-9-17(15)20/h6-9,14,16,18,21H,5,10-13H2,1-4H3. The van der Waals surface area contributed by atoms with Crippen molar-refractivity contribution in [1.82, 2.24) is 5.32 Å². The van der Waals surface area contributed by atoms with Crippen LogP contribution in [0.1, 0.15) is 58.9 Å². The van der Waals surface area contributed by atoms with Crippen LogP contribution in [0, 0.1) is 17.7 Å². The first-order valence-corrected chi connectivity index (χ1v) is 8.45. The molecule has 1 N–H and O–H groups in total. The molecular weight excluding hydrogens is 261 g/mol. The molecule has 0 aliphatic heterocycles. The highest BCUT2D eigenvalue weighted by Gasteiger charge is 2.40. The van der Waals surface area contributed by atoms with E-state index in [0.717, 1.165) is 24.4 Å². The van der Waals surface area contributed by atoms with E-state index in [0.29, 0.717) is 12.0 Å². The Bertz CT molecular complexity index is 455. The van der Waals surface area contributed by atoms with E-state index in [1.807, 2.05) is 12.1 Å². The molecule has 0 aromatic heterocycles. The van der Waals surface area contributed by atoms with Crippen LogP contribution in [0.2, 0.25) is 0 Å². The summed E-state index contributed by atoms with van der Waals surface area (Å²) in [5.41, 5.74) is 0.740. The van der Waals surface area contributed by atoms with Gasteiger partial charge in [0.1, 0.15) is 5.82 Å². The average Bonchev–Trinajstić information content (AvgIpc) is 2.45. The average molecular weight is 291 g/mol. The monoisotopic (exact) mass is 291 g/mol. The largest absolute Gasteiger partial charge is 0.314 e. The van der Waals surface area contributed by atoms with Crippen molar-refractivity contribution in [3.05, 3.63) is 35.6 Å². The maximum Gasteiger partial charge on any atom is 0.126 e. The molecule has 1 nitrogen and oxygen atoms in total. The summed E-state index contributed by atoms with van der Waals surface area (Å²) in [4.78, 5) is 0. The van der Waals surface area contributed by atoms with Gasteiger partial charge in [0, 0.05) is 6.04 Å². The summed E-state index contributed by atoms with van der Waals surface area (Å²) in [7, 11) is 0. The molecule has 1 aliphatic rings. The van der Waals surface area contributed by atoms with Crippen molar-refractivity contribution in [2.24, 2.45) is 11.8 Å². The molecule has 3 atom stereocenters. The molecule has 2 heteroatoms. The van der Waals surface area contributed by atoms with Gasteiger partial charge >= 0.3 is 0 Å². The Morgan fingerprint density at radius 1 is 1.24 bits per heavy atom. The lowest BCUT2D eigenvalue weighted by Crippen LogP contribution is -2.48. The number of nitrogens with one attached hydrogen (secondary N) is 1. The van der Waals surface area contributed by atoms with Gasteiger partial charge in [-0.1, -0.05) is 52.3 Å². The quantitative estimate of drug-likeness (QED) is 0.813. The second-order valence-corrected chi connectivity index (χ2v) is 7.29. The van der Waals surface area contributed by atoms with Gasteiger partial charge in [-0.3, -0.25) is 0 Å². The van der Waals surface area contributed by atoms with Crippen LogP contribution in [0.25, 0.3) is 0 Å². The van der Waals surface area contributed by atoms with E-state index in [2.05, 4.69) is 33.0 Å². The first kappa shape index (κ1) is 16.5. The highest BCUT2D eigenvalue weighted by Crippen LogP contribution is 2.43. The third-order valence-corrected chi connectivity index (χ3v) is 5.26. The number of benzene rings is 1. The van der Waals surface area contributed by atoms with Crippen LogP contribution in [0.5, 0.6) is 0 Å². The van der Waals surface area contributed by atoms with Gasteiger partial charge in [-0.25, -0.2) is 4.39 Å². The highest BCUT2D eigenvalue weighted by molar-refractivity contribution is 5.27. The summed E-state index contributed by atoms with van der Waals surface area (Å²) in [6, 6.07) is 7.80. The second-order valence-electron chi connectivity index (χ2n) is 7.29. The van der Waals surface area contributed by atoms with Crippen LogP contribution >= 0.6 is 0 Å². The number of hydrogen-bond donors (Lipinski definition) is 1. The minimum Gasteiger partial charge on any atom is -0.314 e. The summed E-state index contributed by atoms with van der Waals surface area (Å²) >= 11 is 0. The molecule has 118 valence electrons. The van der Waals surface area contributed by atoms with Gasteiger partial charge in [-0.15, -0.1) is 0 Å². The Labute approximate surface area is 129 Å². The minimum absolute atomic E-state index is 0.0598. The Morgan fingerprint density at radius 2 is 1.95 bits per heavy atom. The lowest BCUT2D eigenvalue weighted by Gasteiger charge is -2.45. The van der Waals surface area contributed by atoms with E-state index < -0.39 is 0 Å². The van der Waals surface area contributed by atoms with Gasteiger partial charge in [-0.2, -0.15) is 0 Å². The van der Waals surface area contributed by atoms with Crippen LogP contribution in [-0.2, 0) is 5.41 Å². The zero-order valence-corrected chi connectivity index (χ0v) is 14.0. The fourth-order valence-corrected chi connectivity index (χ4v) is 3.98. The molecule has 1 aliphatic carbocycles. The van der Waals surface area contributed by atoms with E-state index in [4.69, 9.17) is 0 Å². The lowest BCUT2D eigenvalue weighted by atomic mass is 9.63. The first-order chi connectivity index (χ1) is 9.96. The maximum absolute atomic E-state index is 14.3. The molecule has 0 bridgehead atoms. The van der Waals surface area contributed by atoms with Gasteiger partial charge < -0.3 is 5.32 Å². The first-order valence-electron chi connectivity index (χ1n) is 8.45. The fraction of sp³-hybridized carbons (Fsp3) is 0.684. The van der Waals surface area contributed by atoms with Crippen molar-refractivity contribution < 1.29 is 4.39 Å². The topological polar surface area (TPSA) is 12.0 Å².